The van der Waals surface area contributed by atoms with Gasteiger partial charge in [-0.15, -0.1) is 0 Å². The molecule has 0 bridgehead atoms. The van der Waals surface area contributed by atoms with E-state index < -0.39 is 0 Å². The maximum Gasteiger partial charge on any atom is 0.224 e. The van der Waals surface area contributed by atoms with Gasteiger partial charge in [-0.05, 0) is 30.9 Å². The third kappa shape index (κ3) is 4.35. The summed E-state index contributed by atoms with van der Waals surface area (Å²) in [6, 6.07) is 1.70. The van der Waals surface area contributed by atoms with Crippen molar-refractivity contribution in [1.82, 2.24) is 4.98 Å². The average Bonchev–Trinajstić information content (AvgIpc) is 2.42. The molecule has 0 unspecified atom stereocenters. The minimum Gasteiger partial charge on any atom is -0.323 e. The molecule has 0 aliphatic heterocycles. The molecule has 1 aromatic heterocycles. The van der Waals surface area contributed by atoms with Gasteiger partial charge in [-0.25, -0.2) is 4.98 Å². The Kier molecular flexibility index (Phi) is 5.67. The lowest BCUT2D eigenvalue weighted by molar-refractivity contribution is -0.116. The molecular formula is C15H20Cl2N2O. The fourth-order valence-corrected chi connectivity index (χ4v) is 3.34. The SMILES string of the molecule is Cc1cc(Cl)nc(Cl)c1NC(=O)CCC1CCCCC1. The topological polar surface area (TPSA) is 42.0 Å². The van der Waals surface area contributed by atoms with Crippen LogP contribution >= 0.6 is 23.2 Å². The highest BCUT2D eigenvalue weighted by molar-refractivity contribution is 6.34. The molecule has 1 aliphatic rings. The lowest BCUT2D eigenvalue weighted by atomic mass is 9.86. The summed E-state index contributed by atoms with van der Waals surface area (Å²) in [7, 11) is 0. The summed E-state index contributed by atoms with van der Waals surface area (Å²) < 4.78 is 0. The maximum atomic E-state index is 12.0. The molecule has 3 nitrogen and oxygen atoms in total. The van der Waals surface area contributed by atoms with Crippen molar-refractivity contribution >= 4 is 34.8 Å². The maximum absolute atomic E-state index is 12.0. The zero-order valence-electron chi connectivity index (χ0n) is 11.7. The second kappa shape index (κ2) is 7.28. The van der Waals surface area contributed by atoms with Gasteiger partial charge in [0.15, 0.2) is 5.15 Å². The Hall–Kier alpha value is -0.800. The number of aryl methyl sites for hydroxylation is 1. The Morgan fingerprint density at radius 2 is 2.05 bits per heavy atom. The van der Waals surface area contributed by atoms with Crippen molar-refractivity contribution in [3.8, 4) is 0 Å². The first-order valence-corrected chi connectivity index (χ1v) is 7.94. The number of carbonyl (C=O) groups excluding carboxylic acids is 1. The number of nitrogens with zero attached hydrogens (tertiary/aromatic N) is 1. The van der Waals surface area contributed by atoms with Crippen LogP contribution in [-0.2, 0) is 4.79 Å². The molecule has 1 N–H and O–H groups in total. The zero-order chi connectivity index (χ0) is 14.5. The second-order valence-corrected chi connectivity index (χ2v) is 6.26. The van der Waals surface area contributed by atoms with Gasteiger partial charge >= 0.3 is 0 Å². The number of rotatable bonds is 4. The van der Waals surface area contributed by atoms with Crippen molar-refractivity contribution in [2.75, 3.05) is 5.32 Å². The van der Waals surface area contributed by atoms with Crippen LogP contribution < -0.4 is 5.32 Å². The molecule has 1 aromatic rings. The van der Waals surface area contributed by atoms with Crippen molar-refractivity contribution in [1.29, 1.82) is 0 Å². The van der Waals surface area contributed by atoms with Gasteiger partial charge in [-0.1, -0.05) is 55.3 Å². The predicted octanol–water partition coefficient (Wildman–Crippen LogP) is 5.00. The van der Waals surface area contributed by atoms with Crippen molar-refractivity contribution in [3.05, 3.63) is 21.9 Å². The van der Waals surface area contributed by atoms with Gasteiger partial charge in [0.25, 0.3) is 0 Å². The van der Waals surface area contributed by atoms with E-state index in [1.165, 1.54) is 32.1 Å². The number of halogens is 2. The lowest BCUT2D eigenvalue weighted by Crippen LogP contribution is -2.16. The summed E-state index contributed by atoms with van der Waals surface area (Å²) in [4.78, 5) is 16.0. The quantitative estimate of drug-likeness (QED) is 0.795. The Balaban J connectivity index is 1.88. The number of amides is 1. The standard InChI is InChI=1S/C15H20Cl2N2O/c1-10-9-12(16)18-15(17)14(10)19-13(20)8-7-11-5-3-2-4-6-11/h9,11H,2-8H2,1H3,(H,19,20). The van der Waals surface area contributed by atoms with Crippen LogP contribution in [0.25, 0.3) is 0 Å². The highest BCUT2D eigenvalue weighted by atomic mass is 35.5. The third-order valence-corrected chi connectivity index (χ3v) is 4.38. The molecule has 0 radical (unpaired) electrons. The number of pyridine rings is 1. The van der Waals surface area contributed by atoms with E-state index in [1.807, 2.05) is 6.92 Å². The van der Waals surface area contributed by atoms with Gasteiger partial charge < -0.3 is 5.32 Å². The average molecular weight is 315 g/mol. The number of anilines is 1. The Morgan fingerprint density at radius 3 is 2.70 bits per heavy atom. The third-order valence-electron chi connectivity index (χ3n) is 3.91. The fourth-order valence-electron chi connectivity index (χ4n) is 2.76. The highest BCUT2D eigenvalue weighted by Gasteiger charge is 2.16. The van der Waals surface area contributed by atoms with E-state index in [0.717, 1.165) is 12.0 Å². The van der Waals surface area contributed by atoms with Gasteiger partial charge in [0.1, 0.15) is 5.15 Å². The smallest absolute Gasteiger partial charge is 0.224 e. The Morgan fingerprint density at radius 1 is 1.35 bits per heavy atom. The van der Waals surface area contributed by atoms with Crippen LogP contribution in [-0.4, -0.2) is 10.9 Å². The Bertz CT molecular complexity index is 462. The first kappa shape index (κ1) is 15.6. The first-order chi connectivity index (χ1) is 9.56. The van der Waals surface area contributed by atoms with E-state index in [1.54, 1.807) is 6.07 Å². The van der Waals surface area contributed by atoms with Crippen LogP contribution in [0.1, 0.15) is 50.5 Å². The second-order valence-electron chi connectivity index (χ2n) is 5.52. The van der Waals surface area contributed by atoms with E-state index in [4.69, 9.17) is 23.2 Å². The number of aromatic nitrogens is 1. The largest absolute Gasteiger partial charge is 0.323 e. The summed E-state index contributed by atoms with van der Waals surface area (Å²) in [6.07, 6.45) is 7.97. The lowest BCUT2D eigenvalue weighted by Gasteiger charge is -2.21. The molecule has 110 valence electrons. The molecule has 5 heteroatoms. The van der Waals surface area contributed by atoms with Crippen molar-refractivity contribution in [2.24, 2.45) is 5.92 Å². The Labute approximate surface area is 130 Å². The van der Waals surface area contributed by atoms with Crippen LogP contribution in [0.3, 0.4) is 0 Å². The van der Waals surface area contributed by atoms with E-state index in [2.05, 4.69) is 10.3 Å². The number of hydrogen-bond donors (Lipinski definition) is 1. The van der Waals surface area contributed by atoms with E-state index in [9.17, 15) is 4.79 Å². The van der Waals surface area contributed by atoms with Crippen LogP contribution in [0.5, 0.6) is 0 Å². The monoisotopic (exact) mass is 314 g/mol. The molecule has 1 aliphatic carbocycles. The highest BCUT2D eigenvalue weighted by Crippen LogP contribution is 2.29. The van der Waals surface area contributed by atoms with Gasteiger partial charge in [0.2, 0.25) is 5.91 Å². The first-order valence-electron chi connectivity index (χ1n) is 7.18. The summed E-state index contributed by atoms with van der Waals surface area (Å²) in [5, 5.41) is 3.44. The summed E-state index contributed by atoms with van der Waals surface area (Å²) >= 11 is 11.8. The molecule has 1 amide bonds. The predicted molar refractivity (Wildman–Crippen MR) is 83.4 cm³/mol. The number of nitrogens with one attached hydrogen (secondary N) is 1. The summed E-state index contributed by atoms with van der Waals surface area (Å²) in [5.41, 5.74) is 1.41. The van der Waals surface area contributed by atoms with E-state index in [-0.39, 0.29) is 11.1 Å². The summed E-state index contributed by atoms with van der Waals surface area (Å²) in [5.74, 6) is 0.708. The van der Waals surface area contributed by atoms with Gasteiger partial charge in [-0.2, -0.15) is 0 Å². The molecule has 2 rings (SSSR count). The molecule has 1 saturated carbocycles. The van der Waals surface area contributed by atoms with E-state index >= 15 is 0 Å². The minimum atomic E-state index is 0.00435. The molecule has 1 heterocycles. The van der Waals surface area contributed by atoms with Crippen molar-refractivity contribution in [3.63, 3.8) is 0 Å². The molecule has 0 aromatic carbocycles. The van der Waals surface area contributed by atoms with Crippen molar-refractivity contribution < 1.29 is 4.79 Å². The van der Waals surface area contributed by atoms with Crippen LogP contribution in [0.15, 0.2) is 6.07 Å². The van der Waals surface area contributed by atoms with Crippen LogP contribution in [0, 0.1) is 12.8 Å². The zero-order valence-corrected chi connectivity index (χ0v) is 13.2. The number of hydrogen-bond acceptors (Lipinski definition) is 2. The summed E-state index contributed by atoms with van der Waals surface area (Å²) in [6.45, 7) is 1.86. The van der Waals surface area contributed by atoms with Crippen LogP contribution in [0.2, 0.25) is 10.3 Å². The van der Waals surface area contributed by atoms with Crippen LogP contribution in [0.4, 0.5) is 5.69 Å². The molecule has 0 saturated heterocycles. The van der Waals surface area contributed by atoms with Crippen molar-refractivity contribution in [2.45, 2.75) is 51.9 Å². The molecule has 1 fully saturated rings. The number of carbonyl (C=O) groups is 1. The van der Waals surface area contributed by atoms with Gasteiger partial charge in [0.05, 0.1) is 5.69 Å². The molecule has 0 spiro atoms. The normalized spacial score (nSPS) is 16.1. The van der Waals surface area contributed by atoms with Gasteiger partial charge in [-0.3, -0.25) is 4.79 Å². The fraction of sp³-hybridized carbons (Fsp3) is 0.600. The minimum absolute atomic E-state index is 0.00435. The van der Waals surface area contributed by atoms with Gasteiger partial charge in [0, 0.05) is 6.42 Å². The molecule has 20 heavy (non-hydrogen) atoms. The van der Waals surface area contributed by atoms with E-state index in [0.29, 0.717) is 23.2 Å². The molecular weight excluding hydrogens is 295 g/mol. The molecule has 0 atom stereocenters.